The summed E-state index contributed by atoms with van der Waals surface area (Å²) in [4.78, 5) is 11.5. The quantitative estimate of drug-likeness (QED) is 0.668. The minimum absolute atomic E-state index is 0.255. The van der Waals surface area contributed by atoms with Gasteiger partial charge in [0.15, 0.2) is 0 Å². The van der Waals surface area contributed by atoms with Crippen molar-refractivity contribution in [2.75, 3.05) is 5.32 Å². The lowest BCUT2D eigenvalue weighted by atomic mass is 9.97. The summed E-state index contributed by atoms with van der Waals surface area (Å²) in [6.07, 6.45) is 0. The molecular weight excluding hydrogens is 401 g/mol. The number of aryl methyl sites for hydroxylation is 1. The number of rotatable bonds is 3. The number of carbonyl (C=O) groups is 1. The molecule has 0 aliphatic carbocycles. The lowest BCUT2D eigenvalue weighted by Gasteiger charge is -2.17. The number of hydrogen-bond donors (Lipinski definition) is 2. The second-order valence-electron chi connectivity index (χ2n) is 4.92. The largest absolute Gasteiger partial charge is 0.478 e. The Morgan fingerprint density at radius 1 is 1.19 bits per heavy atom. The molecule has 21 heavy (non-hydrogen) atoms. The highest BCUT2D eigenvalue weighted by Crippen LogP contribution is 2.33. The molecule has 0 unspecified atom stereocenters. The molecule has 0 atom stereocenters. The molecule has 5 heteroatoms. The minimum Gasteiger partial charge on any atom is -0.478 e. The van der Waals surface area contributed by atoms with E-state index in [4.69, 9.17) is 11.6 Å². The maximum absolute atomic E-state index is 11.5. The molecule has 3 nitrogen and oxygen atoms in total. The topological polar surface area (TPSA) is 49.3 Å². The van der Waals surface area contributed by atoms with Crippen LogP contribution in [0.25, 0.3) is 0 Å². The first-order valence-electron chi connectivity index (χ1n) is 6.37. The number of anilines is 2. The van der Waals surface area contributed by atoms with Crippen LogP contribution >= 0.6 is 34.2 Å². The molecule has 0 radical (unpaired) electrons. The molecule has 2 aromatic rings. The van der Waals surface area contributed by atoms with Crippen LogP contribution < -0.4 is 5.32 Å². The first kappa shape index (κ1) is 16.1. The monoisotopic (exact) mass is 415 g/mol. The second-order valence-corrected chi connectivity index (χ2v) is 6.57. The first-order chi connectivity index (χ1) is 9.81. The summed E-state index contributed by atoms with van der Waals surface area (Å²) in [7, 11) is 0. The molecule has 0 aromatic heterocycles. The van der Waals surface area contributed by atoms with E-state index in [1.807, 2.05) is 39.0 Å². The molecule has 110 valence electrons. The Hall–Kier alpha value is -1.27. The standard InChI is InChI=1S/C16H15ClINO2/c1-8-6-12(16(20)21)15(10(3)9(8)2)19-14-5-4-11(18)7-13(14)17/h4-7,19H,1-3H3,(H,20,21). The third-order valence-corrected chi connectivity index (χ3v) is 4.56. The molecule has 0 aliphatic rings. The normalized spacial score (nSPS) is 10.5. The van der Waals surface area contributed by atoms with Crippen molar-refractivity contribution in [3.8, 4) is 0 Å². The van der Waals surface area contributed by atoms with Gasteiger partial charge >= 0.3 is 5.97 Å². The van der Waals surface area contributed by atoms with E-state index < -0.39 is 5.97 Å². The maximum Gasteiger partial charge on any atom is 0.337 e. The van der Waals surface area contributed by atoms with Crippen LogP contribution in [0.15, 0.2) is 24.3 Å². The molecule has 0 fully saturated rings. The van der Waals surface area contributed by atoms with Gasteiger partial charge in [-0.1, -0.05) is 11.6 Å². The number of benzene rings is 2. The minimum atomic E-state index is -0.953. The van der Waals surface area contributed by atoms with Crippen LogP contribution in [0.2, 0.25) is 5.02 Å². The Kier molecular flexibility index (Phi) is 4.78. The molecule has 0 saturated carbocycles. The van der Waals surface area contributed by atoms with E-state index in [2.05, 4.69) is 27.9 Å². The molecule has 0 bridgehead atoms. The molecule has 2 N–H and O–H groups in total. The van der Waals surface area contributed by atoms with Crippen molar-refractivity contribution < 1.29 is 9.90 Å². The van der Waals surface area contributed by atoms with E-state index in [1.165, 1.54) is 0 Å². The van der Waals surface area contributed by atoms with Gasteiger partial charge < -0.3 is 10.4 Å². The number of hydrogen-bond acceptors (Lipinski definition) is 2. The zero-order valence-electron chi connectivity index (χ0n) is 11.9. The first-order valence-corrected chi connectivity index (χ1v) is 7.83. The second kappa shape index (κ2) is 6.23. The van der Waals surface area contributed by atoms with Crippen molar-refractivity contribution >= 4 is 51.5 Å². The summed E-state index contributed by atoms with van der Waals surface area (Å²) in [5.41, 5.74) is 4.50. The van der Waals surface area contributed by atoms with E-state index in [1.54, 1.807) is 6.07 Å². The van der Waals surface area contributed by atoms with E-state index in [0.717, 1.165) is 20.3 Å². The number of carboxylic acids is 1. The van der Waals surface area contributed by atoms with Crippen LogP contribution in [0.5, 0.6) is 0 Å². The van der Waals surface area contributed by atoms with E-state index in [9.17, 15) is 9.90 Å². The van der Waals surface area contributed by atoms with Crippen molar-refractivity contribution in [1.82, 2.24) is 0 Å². The lowest BCUT2D eigenvalue weighted by molar-refractivity contribution is 0.0698. The summed E-state index contributed by atoms with van der Waals surface area (Å²) in [5, 5.41) is 13.2. The Labute approximate surface area is 142 Å². The van der Waals surface area contributed by atoms with Gasteiger partial charge in [0.25, 0.3) is 0 Å². The SMILES string of the molecule is Cc1cc(C(=O)O)c(Nc2ccc(I)cc2Cl)c(C)c1C. The zero-order valence-corrected chi connectivity index (χ0v) is 14.8. The van der Waals surface area contributed by atoms with E-state index in [0.29, 0.717) is 16.4 Å². The Morgan fingerprint density at radius 2 is 1.86 bits per heavy atom. The van der Waals surface area contributed by atoms with Crippen LogP contribution in [-0.4, -0.2) is 11.1 Å². The molecule has 0 heterocycles. The van der Waals surface area contributed by atoms with Crippen molar-refractivity contribution in [2.45, 2.75) is 20.8 Å². The fourth-order valence-corrected chi connectivity index (χ4v) is 3.04. The van der Waals surface area contributed by atoms with Crippen LogP contribution in [0, 0.1) is 24.3 Å². The predicted octanol–water partition coefficient (Wildman–Crippen LogP) is 5.31. The number of carboxylic acid groups (broad SMARTS) is 1. The fourth-order valence-electron chi connectivity index (χ4n) is 2.14. The van der Waals surface area contributed by atoms with Gasteiger partial charge in [-0.25, -0.2) is 4.79 Å². The van der Waals surface area contributed by atoms with Crippen molar-refractivity contribution in [3.05, 3.63) is 55.1 Å². The highest BCUT2D eigenvalue weighted by atomic mass is 127. The third-order valence-electron chi connectivity index (χ3n) is 3.58. The van der Waals surface area contributed by atoms with E-state index >= 15 is 0 Å². The van der Waals surface area contributed by atoms with E-state index in [-0.39, 0.29) is 5.56 Å². The Balaban J connectivity index is 2.57. The number of halogens is 2. The maximum atomic E-state index is 11.5. The van der Waals surface area contributed by atoms with Crippen LogP contribution in [0.3, 0.4) is 0 Å². The van der Waals surface area contributed by atoms with Crippen LogP contribution in [-0.2, 0) is 0 Å². The summed E-state index contributed by atoms with van der Waals surface area (Å²) >= 11 is 8.40. The van der Waals surface area contributed by atoms with Crippen molar-refractivity contribution in [1.29, 1.82) is 0 Å². The Morgan fingerprint density at radius 3 is 2.43 bits per heavy atom. The van der Waals surface area contributed by atoms with Crippen molar-refractivity contribution in [2.24, 2.45) is 0 Å². The number of aromatic carboxylic acids is 1. The molecular formula is C16H15ClINO2. The highest BCUT2D eigenvalue weighted by molar-refractivity contribution is 14.1. The number of nitrogens with one attached hydrogen (secondary N) is 1. The average Bonchev–Trinajstić information content (AvgIpc) is 2.41. The van der Waals surface area contributed by atoms with Gasteiger partial charge in [-0.05, 0) is 84.3 Å². The van der Waals surface area contributed by atoms with Crippen LogP contribution in [0.4, 0.5) is 11.4 Å². The Bertz CT molecular complexity index is 729. The molecule has 0 spiro atoms. The fraction of sp³-hybridized carbons (Fsp3) is 0.188. The van der Waals surface area contributed by atoms with Gasteiger partial charge in [0.1, 0.15) is 0 Å². The van der Waals surface area contributed by atoms with Crippen LogP contribution in [0.1, 0.15) is 27.0 Å². The zero-order chi connectivity index (χ0) is 15.7. The summed E-state index contributed by atoms with van der Waals surface area (Å²) in [6.45, 7) is 5.81. The molecule has 2 aromatic carbocycles. The van der Waals surface area contributed by atoms with Gasteiger partial charge in [-0.3, -0.25) is 0 Å². The molecule has 0 amide bonds. The highest BCUT2D eigenvalue weighted by Gasteiger charge is 2.17. The molecule has 0 aliphatic heterocycles. The smallest absolute Gasteiger partial charge is 0.337 e. The van der Waals surface area contributed by atoms with Gasteiger partial charge in [0, 0.05) is 3.57 Å². The summed E-state index contributed by atoms with van der Waals surface area (Å²) < 4.78 is 1.03. The molecule has 0 saturated heterocycles. The summed E-state index contributed by atoms with van der Waals surface area (Å²) in [6, 6.07) is 7.30. The molecule has 2 rings (SSSR count). The van der Waals surface area contributed by atoms with Gasteiger partial charge in [0.05, 0.1) is 22.0 Å². The van der Waals surface area contributed by atoms with Crippen molar-refractivity contribution in [3.63, 3.8) is 0 Å². The lowest BCUT2D eigenvalue weighted by Crippen LogP contribution is -2.07. The van der Waals surface area contributed by atoms with Gasteiger partial charge in [0.2, 0.25) is 0 Å². The third kappa shape index (κ3) is 3.32. The predicted molar refractivity (Wildman–Crippen MR) is 95.1 cm³/mol. The van der Waals surface area contributed by atoms with Gasteiger partial charge in [-0.15, -0.1) is 0 Å². The summed E-state index contributed by atoms with van der Waals surface area (Å²) in [5.74, 6) is -0.953. The van der Waals surface area contributed by atoms with Gasteiger partial charge in [-0.2, -0.15) is 0 Å². The average molecular weight is 416 g/mol.